The number of nitrogens with zero attached hydrogens (tertiary/aromatic N) is 3. The Morgan fingerprint density at radius 1 is 1.12 bits per heavy atom. The summed E-state index contributed by atoms with van der Waals surface area (Å²) in [6, 6.07) is 12.4. The molecule has 0 spiro atoms. The van der Waals surface area contributed by atoms with Crippen molar-refractivity contribution >= 4 is 17.4 Å². The first-order valence-corrected chi connectivity index (χ1v) is 8.65. The van der Waals surface area contributed by atoms with E-state index in [4.69, 9.17) is 5.73 Å². The number of aromatic nitrogens is 1. The predicted octanol–water partition coefficient (Wildman–Crippen LogP) is 1.29. The van der Waals surface area contributed by atoms with Crippen molar-refractivity contribution in [1.29, 1.82) is 0 Å². The van der Waals surface area contributed by atoms with Gasteiger partial charge in [0.1, 0.15) is 5.82 Å². The van der Waals surface area contributed by atoms with Crippen LogP contribution in [0.3, 0.4) is 0 Å². The van der Waals surface area contributed by atoms with Crippen LogP contribution in [0.4, 0.5) is 11.5 Å². The highest BCUT2D eigenvalue weighted by Crippen LogP contribution is 2.24. The van der Waals surface area contributed by atoms with Crippen molar-refractivity contribution in [1.82, 2.24) is 10.3 Å². The van der Waals surface area contributed by atoms with E-state index in [-0.39, 0.29) is 12.5 Å². The van der Waals surface area contributed by atoms with Gasteiger partial charge in [-0.25, -0.2) is 4.98 Å². The van der Waals surface area contributed by atoms with Gasteiger partial charge in [0.25, 0.3) is 0 Å². The number of nitrogens with two attached hydrogens (primary N) is 1. The number of carbonyl (C=O) groups excluding carboxylic acids is 1. The van der Waals surface area contributed by atoms with Gasteiger partial charge in [0.05, 0.1) is 6.54 Å². The maximum atomic E-state index is 11.4. The minimum absolute atomic E-state index is 0.00466. The summed E-state index contributed by atoms with van der Waals surface area (Å²) in [6.07, 6.45) is 1.80. The minimum atomic E-state index is -0.154. The van der Waals surface area contributed by atoms with E-state index in [0.29, 0.717) is 6.54 Å². The quantitative estimate of drug-likeness (QED) is 0.859. The van der Waals surface area contributed by atoms with Crippen molar-refractivity contribution in [3.05, 3.63) is 53.7 Å². The number of nitrogens with one attached hydrogen (secondary N) is 1. The second kappa shape index (κ2) is 7.98. The predicted molar refractivity (Wildman–Crippen MR) is 101 cm³/mol. The van der Waals surface area contributed by atoms with Crippen molar-refractivity contribution in [2.45, 2.75) is 13.5 Å². The van der Waals surface area contributed by atoms with Crippen LogP contribution in [0.2, 0.25) is 0 Å². The molecule has 1 aliphatic rings. The van der Waals surface area contributed by atoms with E-state index in [0.717, 1.165) is 37.6 Å². The lowest BCUT2D eigenvalue weighted by molar-refractivity contribution is -0.119. The molecule has 6 heteroatoms. The number of para-hydroxylation sites is 1. The largest absolute Gasteiger partial charge is 0.368 e. The summed E-state index contributed by atoms with van der Waals surface area (Å²) in [4.78, 5) is 20.7. The zero-order valence-corrected chi connectivity index (χ0v) is 14.6. The molecule has 1 amide bonds. The van der Waals surface area contributed by atoms with Crippen LogP contribution >= 0.6 is 0 Å². The van der Waals surface area contributed by atoms with Crippen molar-refractivity contribution in [2.24, 2.45) is 5.73 Å². The molecule has 3 rings (SSSR count). The second-order valence-electron chi connectivity index (χ2n) is 6.23. The fourth-order valence-electron chi connectivity index (χ4n) is 3.20. The number of pyridine rings is 1. The van der Waals surface area contributed by atoms with Gasteiger partial charge in [-0.2, -0.15) is 0 Å². The van der Waals surface area contributed by atoms with E-state index in [2.05, 4.69) is 51.3 Å². The third-order valence-electron chi connectivity index (χ3n) is 4.56. The fraction of sp³-hybridized carbons (Fsp3) is 0.368. The second-order valence-corrected chi connectivity index (χ2v) is 6.23. The van der Waals surface area contributed by atoms with E-state index in [1.54, 1.807) is 6.20 Å². The number of aryl methyl sites for hydroxylation is 1. The van der Waals surface area contributed by atoms with Gasteiger partial charge in [0.15, 0.2) is 0 Å². The third-order valence-corrected chi connectivity index (χ3v) is 4.56. The van der Waals surface area contributed by atoms with Crippen molar-refractivity contribution in [2.75, 3.05) is 42.5 Å². The fourth-order valence-corrected chi connectivity index (χ4v) is 3.20. The van der Waals surface area contributed by atoms with Gasteiger partial charge in [-0.15, -0.1) is 0 Å². The summed E-state index contributed by atoms with van der Waals surface area (Å²) in [6.45, 7) is 6.33. The summed E-state index contributed by atoms with van der Waals surface area (Å²) in [5.74, 6) is 0.795. The summed E-state index contributed by atoms with van der Waals surface area (Å²) in [5.41, 5.74) is 8.99. The molecule has 1 aliphatic heterocycles. The first-order valence-electron chi connectivity index (χ1n) is 8.65. The number of carbonyl (C=O) groups is 1. The Bertz CT molecular complexity index is 725. The topological polar surface area (TPSA) is 74.5 Å². The molecule has 2 aromatic rings. The Hall–Kier alpha value is -2.60. The maximum absolute atomic E-state index is 11.4. The number of hydrogen-bond acceptors (Lipinski definition) is 5. The van der Waals surface area contributed by atoms with Crippen LogP contribution < -0.4 is 20.9 Å². The standard InChI is InChI=1S/C19H25N5O/c1-15-5-2-3-7-17(15)23-9-11-24(12-10-23)19-16(6-4-8-21-19)14-22-18(25)13-20/h2-8H,9-14,20H2,1H3,(H,22,25). The monoisotopic (exact) mass is 339 g/mol. The first kappa shape index (κ1) is 17.2. The highest BCUT2D eigenvalue weighted by molar-refractivity contribution is 5.77. The molecule has 132 valence electrons. The third kappa shape index (κ3) is 4.09. The Labute approximate surface area is 148 Å². The smallest absolute Gasteiger partial charge is 0.234 e. The molecule has 3 N–H and O–H groups in total. The van der Waals surface area contributed by atoms with E-state index in [9.17, 15) is 4.79 Å². The van der Waals surface area contributed by atoms with Gasteiger partial charge in [0.2, 0.25) is 5.91 Å². The minimum Gasteiger partial charge on any atom is -0.368 e. The Morgan fingerprint density at radius 2 is 1.84 bits per heavy atom. The average Bonchev–Trinajstić information content (AvgIpc) is 2.67. The highest BCUT2D eigenvalue weighted by Gasteiger charge is 2.21. The highest BCUT2D eigenvalue weighted by atomic mass is 16.1. The number of benzene rings is 1. The summed E-state index contributed by atoms with van der Waals surface area (Å²) < 4.78 is 0. The van der Waals surface area contributed by atoms with E-state index < -0.39 is 0 Å². The Kier molecular flexibility index (Phi) is 5.50. The molecule has 0 bridgehead atoms. The van der Waals surface area contributed by atoms with Gasteiger partial charge >= 0.3 is 0 Å². The molecular weight excluding hydrogens is 314 g/mol. The van der Waals surface area contributed by atoms with Crippen LogP contribution in [-0.4, -0.2) is 43.6 Å². The van der Waals surface area contributed by atoms with Crippen molar-refractivity contribution < 1.29 is 4.79 Å². The summed E-state index contributed by atoms with van der Waals surface area (Å²) in [5, 5.41) is 2.83. The molecule has 0 unspecified atom stereocenters. The SMILES string of the molecule is Cc1ccccc1N1CCN(c2ncccc2CNC(=O)CN)CC1. The molecule has 1 aromatic carbocycles. The first-order chi connectivity index (χ1) is 12.2. The van der Waals surface area contributed by atoms with Crippen LogP contribution in [0, 0.1) is 6.92 Å². The molecule has 0 saturated carbocycles. The van der Waals surface area contributed by atoms with Gasteiger partial charge in [-0.1, -0.05) is 24.3 Å². The average molecular weight is 339 g/mol. The molecule has 0 radical (unpaired) electrons. The molecule has 1 aromatic heterocycles. The molecule has 1 fully saturated rings. The Morgan fingerprint density at radius 3 is 2.56 bits per heavy atom. The lowest BCUT2D eigenvalue weighted by Gasteiger charge is -2.38. The van der Waals surface area contributed by atoms with E-state index in [1.807, 2.05) is 12.1 Å². The number of rotatable bonds is 5. The van der Waals surface area contributed by atoms with Crippen molar-refractivity contribution in [3.63, 3.8) is 0 Å². The molecule has 1 saturated heterocycles. The maximum Gasteiger partial charge on any atom is 0.234 e. The van der Waals surface area contributed by atoms with E-state index in [1.165, 1.54) is 11.3 Å². The molecule has 0 atom stereocenters. The summed E-state index contributed by atoms with van der Waals surface area (Å²) >= 11 is 0. The molecule has 6 nitrogen and oxygen atoms in total. The van der Waals surface area contributed by atoms with Crippen molar-refractivity contribution in [3.8, 4) is 0 Å². The normalized spacial score (nSPS) is 14.5. The number of anilines is 2. The van der Waals surface area contributed by atoms with Gasteiger partial charge in [-0.05, 0) is 24.6 Å². The number of amides is 1. The van der Waals surface area contributed by atoms with Crippen LogP contribution in [-0.2, 0) is 11.3 Å². The van der Waals surface area contributed by atoms with E-state index >= 15 is 0 Å². The number of piperazine rings is 1. The molecule has 0 aliphatic carbocycles. The lowest BCUT2D eigenvalue weighted by Crippen LogP contribution is -2.47. The molecule has 25 heavy (non-hydrogen) atoms. The van der Waals surface area contributed by atoms with Crippen LogP contribution in [0.25, 0.3) is 0 Å². The van der Waals surface area contributed by atoms with Gasteiger partial charge in [0, 0.05) is 50.2 Å². The van der Waals surface area contributed by atoms with Gasteiger partial charge < -0.3 is 20.9 Å². The van der Waals surface area contributed by atoms with Crippen LogP contribution in [0.5, 0.6) is 0 Å². The lowest BCUT2D eigenvalue weighted by atomic mass is 10.1. The summed E-state index contributed by atoms with van der Waals surface area (Å²) in [7, 11) is 0. The molecule has 2 heterocycles. The zero-order chi connectivity index (χ0) is 17.6. The van der Waals surface area contributed by atoms with Crippen LogP contribution in [0.15, 0.2) is 42.6 Å². The Balaban J connectivity index is 1.67. The zero-order valence-electron chi connectivity index (χ0n) is 14.6. The van der Waals surface area contributed by atoms with Gasteiger partial charge in [-0.3, -0.25) is 4.79 Å². The molecular formula is C19H25N5O. The van der Waals surface area contributed by atoms with Crippen LogP contribution in [0.1, 0.15) is 11.1 Å². The number of hydrogen-bond donors (Lipinski definition) is 2.